The first-order chi connectivity index (χ1) is 16.5. The summed E-state index contributed by atoms with van der Waals surface area (Å²) in [5.41, 5.74) is 8.78. The molecule has 3 N–H and O–H groups in total. The molecule has 1 heterocycles. The van der Waals surface area contributed by atoms with Crippen molar-refractivity contribution in [1.82, 2.24) is 15.1 Å². The Morgan fingerprint density at radius 1 is 1.12 bits per heavy atom. The van der Waals surface area contributed by atoms with E-state index in [4.69, 9.17) is 10.5 Å². The summed E-state index contributed by atoms with van der Waals surface area (Å²) in [5.74, 6) is 0.364. The SMILES string of the molecule is COc1cccc(C(=O)N2CCC(N(Cc3ccccc3C)C3CC3)C[C@@H]2C(=O)NCCN)c1. The quantitative estimate of drug-likeness (QED) is 0.596. The summed E-state index contributed by atoms with van der Waals surface area (Å²) in [4.78, 5) is 31.0. The topological polar surface area (TPSA) is 87.9 Å². The number of rotatable bonds is 9. The molecular weight excluding hydrogens is 428 g/mol. The predicted octanol–water partition coefficient (Wildman–Crippen LogP) is 2.72. The van der Waals surface area contributed by atoms with Gasteiger partial charge < -0.3 is 20.7 Å². The number of carbonyl (C=O) groups is 2. The fourth-order valence-corrected chi connectivity index (χ4v) is 4.92. The molecule has 1 saturated heterocycles. The highest BCUT2D eigenvalue weighted by atomic mass is 16.5. The van der Waals surface area contributed by atoms with Gasteiger partial charge in [-0.15, -0.1) is 0 Å². The number of ether oxygens (including phenoxy) is 1. The Balaban J connectivity index is 1.55. The molecule has 0 aromatic heterocycles. The van der Waals surface area contributed by atoms with E-state index in [0.29, 0.717) is 43.4 Å². The molecule has 4 rings (SSSR count). The van der Waals surface area contributed by atoms with Gasteiger partial charge in [0.15, 0.2) is 0 Å². The first kappa shape index (κ1) is 24.2. The van der Waals surface area contributed by atoms with Crippen molar-refractivity contribution in [2.45, 2.75) is 57.3 Å². The van der Waals surface area contributed by atoms with Crippen molar-refractivity contribution in [3.63, 3.8) is 0 Å². The first-order valence-corrected chi connectivity index (χ1v) is 12.2. The van der Waals surface area contributed by atoms with Crippen LogP contribution < -0.4 is 15.8 Å². The fourth-order valence-electron chi connectivity index (χ4n) is 4.92. The van der Waals surface area contributed by atoms with Crippen LogP contribution in [-0.2, 0) is 11.3 Å². The van der Waals surface area contributed by atoms with Gasteiger partial charge in [0.1, 0.15) is 11.8 Å². The Kier molecular flexibility index (Phi) is 7.85. The second-order valence-corrected chi connectivity index (χ2v) is 9.33. The monoisotopic (exact) mass is 464 g/mol. The minimum Gasteiger partial charge on any atom is -0.497 e. The summed E-state index contributed by atoms with van der Waals surface area (Å²) >= 11 is 0. The number of likely N-dealkylation sites (tertiary alicyclic amines) is 1. The van der Waals surface area contributed by atoms with Gasteiger partial charge in [0.25, 0.3) is 5.91 Å². The molecule has 0 bridgehead atoms. The number of amides is 2. The average molecular weight is 465 g/mol. The average Bonchev–Trinajstić information content (AvgIpc) is 3.71. The van der Waals surface area contributed by atoms with Crippen LogP contribution in [0.25, 0.3) is 0 Å². The Morgan fingerprint density at radius 3 is 2.62 bits per heavy atom. The van der Waals surface area contributed by atoms with Crippen LogP contribution >= 0.6 is 0 Å². The highest BCUT2D eigenvalue weighted by Gasteiger charge is 2.42. The zero-order chi connectivity index (χ0) is 24.1. The molecule has 34 heavy (non-hydrogen) atoms. The molecule has 182 valence electrons. The number of aryl methyl sites for hydroxylation is 1. The smallest absolute Gasteiger partial charge is 0.254 e. The largest absolute Gasteiger partial charge is 0.497 e. The lowest BCUT2D eigenvalue weighted by atomic mass is 9.93. The van der Waals surface area contributed by atoms with Crippen LogP contribution in [0.1, 0.15) is 47.2 Å². The Hall–Kier alpha value is -2.90. The molecule has 2 amide bonds. The highest BCUT2D eigenvalue weighted by Crippen LogP contribution is 2.35. The lowest BCUT2D eigenvalue weighted by Gasteiger charge is -2.43. The van der Waals surface area contributed by atoms with Gasteiger partial charge in [-0.25, -0.2) is 0 Å². The normalized spacial score (nSPS) is 20.3. The third kappa shape index (κ3) is 5.59. The van der Waals surface area contributed by atoms with Gasteiger partial charge >= 0.3 is 0 Å². The van der Waals surface area contributed by atoms with E-state index in [1.54, 1.807) is 30.2 Å². The van der Waals surface area contributed by atoms with Crippen LogP contribution in [0.3, 0.4) is 0 Å². The van der Waals surface area contributed by atoms with Crippen molar-refractivity contribution in [3.8, 4) is 5.75 Å². The van der Waals surface area contributed by atoms with Crippen molar-refractivity contribution in [2.24, 2.45) is 5.73 Å². The van der Waals surface area contributed by atoms with Gasteiger partial charge in [0.05, 0.1) is 7.11 Å². The van der Waals surface area contributed by atoms with Crippen LogP contribution in [0.5, 0.6) is 5.75 Å². The molecular formula is C27H36N4O3. The molecule has 2 fully saturated rings. The second-order valence-electron chi connectivity index (χ2n) is 9.33. The Bertz CT molecular complexity index is 1010. The van der Waals surface area contributed by atoms with E-state index in [1.165, 1.54) is 24.0 Å². The van der Waals surface area contributed by atoms with Crippen LogP contribution in [0.4, 0.5) is 0 Å². The van der Waals surface area contributed by atoms with E-state index in [2.05, 4.69) is 41.4 Å². The van der Waals surface area contributed by atoms with E-state index in [0.717, 1.165) is 13.0 Å². The van der Waals surface area contributed by atoms with Crippen LogP contribution in [0.15, 0.2) is 48.5 Å². The summed E-state index contributed by atoms with van der Waals surface area (Å²) < 4.78 is 5.30. The van der Waals surface area contributed by atoms with Crippen LogP contribution in [-0.4, -0.2) is 66.5 Å². The fraction of sp³-hybridized carbons (Fsp3) is 0.481. The minimum absolute atomic E-state index is 0.127. The third-order valence-electron chi connectivity index (χ3n) is 7.00. The molecule has 1 unspecified atom stereocenters. The molecule has 0 radical (unpaired) electrons. The summed E-state index contributed by atoms with van der Waals surface area (Å²) in [7, 11) is 1.58. The number of nitrogens with two attached hydrogens (primary N) is 1. The maximum atomic E-state index is 13.5. The number of methoxy groups -OCH3 is 1. The maximum absolute atomic E-state index is 13.5. The number of hydrogen-bond donors (Lipinski definition) is 2. The maximum Gasteiger partial charge on any atom is 0.254 e. The molecule has 0 spiro atoms. The van der Waals surface area contributed by atoms with Crippen molar-refractivity contribution >= 4 is 11.8 Å². The zero-order valence-electron chi connectivity index (χ0n) is 20.2. The molecule has 2 aromatic carbocycles. The van der Waals surface area contributed by atoms with Gasteiger partial charge in [-0.2, -0.15) is 0 Å². The minimum atomic E-state index is -0.526. The van der Waals surface area contributed by atoms with E-state index in [-0.39, 0.29) is 17.9 Å². The van der Waals surface area contributed by atoms with E-state index in [9.17, 15) is 9.59 Å². The Labute approximate surface area is 202 Å². The summed E-state index contributed by atoms with van der Waals surface area (Å²) in [6.07, 6.45) is 3.85. The third-order valence-corrected chi connectivity index (χ3v) is 7.00. The van der Waals surface area contributed by atoms with Crippen molar-refractivity contribution in [3.05, 3.63) is 65.2 Å². The number of piperidine rings is 1. The lowest BCUT2D eigenvalue weighted by Crippen LogP contribution is -2.58. The second kappa shape index (κ2) is 11.0. The number of hydrogen-bond acceptors (Lipinski definition) is 5. The molecule has 1 saturated carbocycles. The number of benzene rings is 2. The van der Waals surface area contributed by atoms with E-state index in [1.807, 2.05) is 6.07 Å². The number of carbonyl (C=O) groups excluding carboxylic acids is 2. The molecule has 2 aliphatic rings. The number of nitrogens with zero attached hydrogens (tertiary/aromatic N) is 2. The molecule has 1 aliphatic carbocycles. The van der Waals surface area contributed by atoms with E-state index >= 15 is 0 Å². The Morgan fingerprint density at radius 2 is 1.91 bits per heavy atom. The molecule has 2 atom stereocenters. The predicted molar refractivity (Wildman–Crippen MR) is 133 cm³/mol. The zero-order valence-corrected chi connectivity index (χ0v) is 20.2. The van der Waals surface area contributed by atoms with Gasteiger partial charge in [-0.05, 0) is 61.9 Å². The van der Waals surface area contributed by atoms with Crippen molar-refractivity contribution in [2.75, 3.05) is 26.7 Å². The summed E-state index contributed by atoms with van der Waals surface area (Å²) in [6.45, 7) is 4.34. The summed E-state index contributed by atoms with van der Waals surface area (Å²) in [5, 5.41) is 2.92. The van der Waals surface area contributed by atoms with Gasteiger partial charge in [-0.1, -0.05) is 30.3 Å². The van der Waals surface area contributed by atoms with Gasteiger partial charge in [0.2, 0.25) is 5.91 Å². The molecule has 7 nitrogen and oxygen atoms in total. The molecule has 2 aromatic rings. The first-order valence-electron chi connectivity index (χ1n) is 12.2. The van der Waals surface area contributed by atoms with Crippen LogP contribution in [0, 0.1) is 6.92 Å². The van der Waals surface area contributed by atoms with Crippen molar-refractivity contribution in [1.29, 1.82) is 0 Å². The molecule has 1 aliphatic heterocycles. The van der Waals surface area contributed by atoms with Gasteiger partial charge in [-0.3, -0.25) is 14.5 Å². The highest BCUT2D eigenvalue weighted by molar-refractivity contribution is 5.98. The van der Waals surface area contributed by atoms with Crippen LogP contribution in [0.2, 0.25) is 0 Å². The summed E-state index contributed by atoms with van der Waals surface area (Å²) in [6, 6.07) is 15.9. The van der Waals surface area contributed by atoms with Gasteiger partial charge in [0, 0.05) is 43.8 Å². The lowest BCUT2D eigenvalue weighted by molar-refractivity contribution is -0.127. The molecule has 7 heteroatoms. The number of nitrogens with one attached hydrogen (secondary N) is 1. The van der Waals surface area contributed by atoms with Crippen molar-refractivity contribution < 1.29 is 14.3 Å². The van der Waals surface area contributed by atoms with E-state index < -0.39 is 6.04 Å². The standard InChI is InChI=1S/C27H36N4O3/c1-19-6-3-4-7-21(19)18-31(22-10-11-22)23-12-15-30(25(17-23)26(32)29-14-13-28)27(33)20-8-5-9-24(16-20)34-2/h3-9,16,22-23,25H,10-15,17-18,28H2,1-2H3,(H,29,32)/t23?,25-/m1/s1.